The van der Waals surface area contributed by atoms with Crippen LogP contribution >= 0.6 is 11.3 Å². The van der Waals surface area contributed by atoms with E-state index in [2.05, 4.69) is 32.9 Å². The summed E-state index contributed by atoms with van der Waals surface area (Å²) < 4.78 is 12.9. The highest BCUT2D eigenvalue weighted by molar-refractivity contribution is 7.19. The largest absolute Gasteiger partial charge is 0.487 e. The second-order valence-electron chi connectivity index (χ2n) is 10.6. The van der Waals surface area contributed by atoms with E-state index >= 15 is 0 Å². The maximum atomic E-state index is 10.7. The fraction of sp³-hybridized carbons (Fsp3) is 0.433. The van der Waals surface area contributed by atoms with E-state index in [9.17, 15) is 10.2 Å². The molecule has 0 radical (unpaired) electrons. The lowest BCUT2D eigenvalue weighted by Crippen LogP contribution is -2.44. The molecule has 0 bridgehead atoms. The number of piperazine rings is 1. The predicted molar refractivity (Wildman–Crippen MR) is 164 cm³/mol. The second-order valence-corrected chi connectivity index (χ2v) is 11.7. The number of likely N-dealkylation sites (N-methyl/N-ethyl adjacent to an activating group) is 1. The van der Waals surface area contributed by atoms with Gasteiger partial charge in [-0.3, -0.25) is 4.90 Å². The third-order valence-electron chi connectivity index (χ3n) is 7.16. The van der Waals surface area contributed by atoms with Crippen LogP contribution in [0.1, 0.15) is 30.0 Å². The Kier molecular flexibility index (Phi) is 8.60. The predicted octanol–water partition coefficient (Wildman–Crippen LogP) is 4.50. The Labute approximate surface area is 244 Å². The molecule has 0 saturated carbocycles. The average molecular weight is 579 g/mol. The zero-order valence-corrected chi connectivity index (χ0v) is 25.3. The molecule has 0 aliphatic carbocycles. The molecule has 0 atom stereocenters. The van der Waals surface area contributed by atoms with E-state index in [0.717, 1.165) is 63.8 Å². The van der Waals surface area contributed by atoms with Crippen LogP contribution in [-0.2, 0) is 6.61 Å². The number of fused-ring (bicyclic) bond motifs is 1. The Bertz CT molecular complexity index is 1530. The molecule has 10 nitrogen and oxygen atoms in total. The van der Waals surface area contributed by atoms with Gasteiger partial charge in [0.15, 0.2) is 5.75 Å². The van der Waals surface area contributed by atoms with Crippen molar-refractivity contribution in [1.29, 1.82) is 0 Å². The van der Waals surface area contributed by atoms with Crippen LogP contribution in [0.15, 0.2) is 30.5 Å². The van der Waals surface area contributed by atoms with E-state index in [1.807, 2.05) is 45.9 Å². The minimum atomic E-state index is -0.354. The van der Waals surface area contributed by atoms with Gasteiger partial charge in [0.1, 0.15) is 6.73 Å². The molecule has 1 aliphatic rings. The second kappa shape index (κ2) is 12.2. The fourth-order valence-electron chi connectivity index (χ4n) is 5.15. The number of anilines is 3. The van der Waals surface area contributed by atoms with E-state index in [4.69, 9.17) is 14.5 Å². The van der Waals surface area contributed by atoms with Crippen LogP contribution in [-0.4, -0.2) is 83.2 Å². The monoisotopic (exact) mass is 578 g/mol. The van der Waals surface area contributed by atoms with Crippen molar-refractivity contribution in [3.63, 3.8) is 0 Å². The number of aliphatic hydroxyl groups is 2. The van der Waals surface area contributed by atoms with Crippen molar-refractivity contribution in [2.45, 2.75) is 40.4 Å². The molecule has 1 aromatic carbocycles. The van der Waals surface area contributed by atoms with Gasteiger partial charge in [-0.1, -0.05) is 0 Å². The van der Waals surface area contributed by atoms with Crippen LogP contribution in [0.4, 0.5) is 17.3 Å². The van der Waals surface area contributed by atoms with Crippen molar-refractivity contribution >= 4 is 38.9 Å². The SMILES string of the molecule is COc1nc(C)ccc1-c1c(CO)sc2cnc(N(CO)c3cc(C)cc(N4CCN(C)CC4)c3OC(C)C)nc12. The van der Waals surface area contributed by atoms with Crippen LogP contribution in [0.3, 0.4) is 0 Å². The van der Waals surface area contributed by atoms with Gasteiger partial charge < -0.3 is 29.5 Å². The summed E-state index contributed by atoms with van der Waals surface area (Å²) in [5, 5.41) is 21.0. The Hall–Kier alpha value is -3.51. The Balaban J connectivity index is 1.67. The molecule has 0 unspecified atom stereocenters. The van der Waals surface area contributed by atoms with E-state index < -0.39 is 0 Å². The van der Waals surface area contributed by atoms with Crippen molar-refractivity contribution in [3.05, 3.63) is 46.6 Å². The Morgan fingerprint density at radius 2 is 1.83 bits per heavy atom. The number of methoxy groups -OCH3 is 1. The number of hydrogen-bond donors (Lipinski definition) is 2. The molecule has 0 amide bonds. The first-order chi connectivity index (χ1) is 19.7. The van der Waals surface area contributed by atoms with Crippen LogP contribution in [0, 0.1) is 13.8 Å². The minimum Gasteiger partial charge on any atom is -0.487 e. The van der Waals surface area contributed by atoms with Crippen molar-refractivity contribution in [2.24, 2.45) is 0 Å². The summed E-state index contributed by atoms with van der Waals surface area (Å²) in [6.07, 6.45) is 1.66. The zero-order chi connectivity index (χ0) is 29.3. The van der Waals surface area contributed by atoms with Crippen LogP contribution in [0.25, 0.3) is 21.3 Å². The summed E-state index contributed by atoms with van der Waals surface area (Å²) in [6, 6.07) is 7.99. The van der Waals surface area contributed by atoms with Gasteiger partial charge in [0.2, 0.25) is 11.8 Å². The molecule has 5 rings (SSSR count). The van der Waals surface area contributed by atoms with Crippen molar-refractivity contribution in [2.75, 3.05) is 56.9 Å². The Morgan fingerprint density at radius 1 is 1.07 bits per heavy atom. The number of benzene rings is 1. The van der Waals surface area contributed by atoms with Crippen LogP contribution in [0.5, 0.6) is 11.6 Å². The van der Waals surface area contributed by atoms with Gasteiger partial charge in [-0.15, -0.1) is 11.3 Å². The molecular weight excluding hydrogens is 540 g/mol. The topological polar surface area (TPSA) is 107 Å². The molecule has 3 aromatic heterocycles. The lowest BCUT2D eigenvalue weighted by Gasteiger charge is -2.36. The molecule has 1 aliphatic heterocycles. The first-order valence-corrected chi connectivity index (χ1v) is 14.6. The maximum absolute atomic E-state index is 10.7. The third-order valence-corrected chi connectivity index (χ3v) is 8.26. The highest BCUT2D eigenvalue weighted by Crippen LogP contribution is 2.45. The molecule has 2 N–H and O–H groups in total. The lowest BCUT2D eigenvalue weighted by atomic mass is 10.1. The van der Waals surface area contributed by atoms with Gasteiger partial charge >= 0.3 is 0 Å². The van der Waals surface area contributed by atoms with Gasteiger partial charge in [0.25, 0.3) is 0 Å². The highest BCUT2D eigenvalue weighted by atomic mass is 32.1. The summed E-state index contributed by atoms with van der Waals surface area (Å²) in [5.41, 5.74) is 5.71. The molecule has 1 saturated heterocycles. The highest BCUT2D eigenvalue weighted by Gasteiger charge is 2.27. The molecule has 4 heterocycles. The fourth-order valence-corrected chi connectivity index (χ4v) is 6.14. The zero-order valence-electron chi connectivity index (χ0n) is 24.5. The number of hydrogen-bond acceptors (Lipinski definition) is 11. The van der Waals surface area contributed by atoms with Gasteiger partial charge in [-0.25, -0.2) is 15.0 Å². The number of rotatable bonds is 9. The minimum absolute atomic E-state index is 0.0799. The first-order valence-electron chi connectivity index (χ1n) is 13.8. The standard InChI is InChI=1S/C30H38N6O4S/c1-18(2)40-28-22(35-11-9-34(5)10-12-35)13-19(3)14-23(28)36(17-38)30-31-15-24-27(33-30)26(25(16-37)41-24)21-8-7-20(4)32-29(21)39-6/h7-8,13-15,18,37-38H,9-12,16-17H2,1-6H3. The van der Waals surface area contributed by atoms with Crippen LogP contribution in [0.2, 0.25) is 0 Å². The van der Waals surface area contributed by atoms with Gasteiger partial charge in [0.05, 0.1) is 47.6 Å². The van der Waals surface area contributed by atoms with Crippen LogP contribution < -0.4 is 19.3 Å². The molecular formula is C30H38N6O4S. The van der Waals surface area contributed by atoms with E-state index in [1.165, 1.54) is 11.3 Å². The number of nitrogens with zero attached hydrogens (tertiary/aromatic N) is 6. The maximum Gasteiger partial charge on any atom is 0.232 e. The number of thiophene rings is 1. The summed E-state index contributed by atoms with van der Waals surface area (Å²) in [4.78, 5) is 21.2. The van der Waals surface area contributed by atoms with Crippen molar-refractivity contribution < 1.29 is 19.7 Å². The molecule has 1 fully saturated rings. The number of aliphatic hydroxyl groups excluding tert-OH is 2. The average Bonchev–Trinajstić information content (AvgIpc) is 3.32. The summed E-state index contributed by atoms with van der Waals surface area (Å²) in [5.74, 6) is 1.48. The number of aryl methyl sites for hydroxylation is 2. The molecule has 218 valence electrons. The summed E-state index contributed by atoms with van der Waals surface area (Å²) >= 11 is 1.43. The van der Waals surface area contributed by atoms with Gasteiger partial charge in [-0.2, -0.15) is 0 Å². The Morgan fingerprint density at radius 3 is 2.49 bits per heavy atom. The third kappa shape index (κ3) is 5.80. The normalized spacial score (nSPS) is 14.2. The number of ether oxygens (including phenoxy) is 2. The van der Waals surface area contributed by atoms with Gasteiger partial charge in [0, 0.05) is 47.9 Å². The van der Waals surface area contributed by atoms with Crippen molar-refractivity contribution in [3.8, 4) is 22.8 Å². The number of aromatic nitrogens is 3. The molecule has 0 spiro atoms. The van der Waals surface area contributed by atoms with E-state index in [-0.39, 0.29) is 19.4 Å². The summed E-state index contributed by atoms with van der Waals surface area (Å²) in [7, 11) is 3.72. The quantitative estimate of drug-likeness (QED) is 0.276. The van der Waals surface area contributed by atoms with Crippen molar-refractivity contribution in [1.82, 2.24) is 19.9 Å². The van der Waals surface area contributed by atoms with E-state index in [1.54, 1.807) is 18.2 Å². The van der Waals surface area contributed by atoms with Gasteiger partial charge in [-0.05, 0) is 64.6 Å². The smallest absolute Gasteiger partial charge is 0.232 e. The first kappa shape index (κ1) is 29.0. The molecule has 41 heavy (non-hydrogen) atoms. The molecule has 4 aromatic rings. The van der Waals surface area contributed by atoms with E-state index in [0.29, 0.717) is 28.8 Å². The number of pyridine rings is 1. The molecule has 11 heteroatoms. The lowest BCUT2D eigenvalue weighted by molar-refractivity contribution is 0.239. The summed E-state index contributed by atoms with van der Waals surface area (Å²) in [6.45, 7) is 11.1.